The Hall–Kier alpha value is -2.08. The van der Waals surface area contributed by atoms with Gasteiger partial charge in [-0.05, 0) is 24.5 Å². The van der Waals surface area contributed by atoms with Crippen LogP contribution in [-0.4, -0.2) is 37.4 Å². The summed E-state index contributed by atoms with van der Waals surface area (Å²) in [6, 6.07) is 4.52. The van der Waals surface area contributed by atoms with E-state index in [4.69, 9.17) is 9.84 Å². The van der Waals surface area contributed by atoms with Gasteiger partial charge in [-0.15, -0.1) is 0 Å². The Kier molecular flexibility index (Phi) is 5.99. The molecule has 0 bridgehead atoms. The first-order valence-electron chi connectivity index (χ1n) is 6.32. The Bertz CT molecular complexity index is 488. The molecule has 0 heterocycles. The number of nitrogens with one attached hydrogen (secondary N) is 2. The normalized spacial score (nSPS) is 11.8. The summed E-state index contributed by atoms with van der Waals surface area (Å²) in [5.41, 5.74) is 0.991. The van der Waals surface area contributed by atoms with Crippen molar-refractivity contribution in [3.05, 3.63) is 29.3 Å². The molecule has 6 heteroatoms. The average molecular weight is 280 g/mol. The van der Waals surface area contributed by atoms with Crippen LogP contribution in [0.2, 0.25) is 0 Å². The van der Waals surface area contributed by atoms with Gasteiger partial charge in [-0.1, -0.05) is 19.1 Å². The number of aryl methyl sites for hydroxylation is 1. The SMILES string of the molecule is COCC(C)CNC(=O)Nc1cccc(C)c1C(=O)O. The van der Waals surface area contributed by atoms with Gasteiger partial charge in [-0.3, -0.25) is 0 Å². The second kappa shape index (κ2) is 7.49. The molecule has 0 aliphatic heterocycles. The summed E-state index contributed by atoms with van der Waals surface area (Å²) >= 11 is 0. The Morgan fingerprint density at radius 2 is 2.10 bits per heavy atom. The maximum atomic E-state index is 11.8. The van der Waals surface area contributed by atoms with E-state index in [2.05, 4.69) is 10.6 Å². The summed E-state index contributed by atoms with van der Waals surface area (Å²) in [4.78, 5) is 22.9. The summed E-state index contributed by atoms with van der Waals surface area (Å²) in [7, 11) is 1.60. The van der Waals surface area contributed by atoms with Crippen LogP contribution >= 0.6 is 0 Å². The molecule has 1 rings (SSSR count). The number of methoxy groups -OCH3 is 1. The van der Waals surface area contributed by atoms with E-state index < -0.39 is 12.0 Å². The molecule has 1 unspecified atom stereocenters. The van der Waals surface area contributed by atoms with Crippen molar-refractivity contribution in [2.24, 2.45) is 5.92 Å². The minimum absolute atomic E-state index is 0.104. The highest BCUT2D eigenvalue weighted by Gasteiger charge is 2.15. The second-order valence-corrected chi connectivity index (χ2v) is 4.70. The number of aromatic carboxylic acids is 1. The topological polar surface area (TPSA) is 87.7 Å². The maximum absolute atomic E-state index is 11.8. The van der Waals surface area contributed by atoms with Crippen LogP contribution in [0.4, 0.5) is 10.5 Å². The van der Waals surface area contributed by atoms with Crippen molar-refractivity contribution in [1.29, 1.82) is 0 Å². The highest BCUT2D eigenvalue weighted by Crippen LogP contribution is 2.19. The van der Waals surface area contributed by atoms with Gasteiger partial charge in [0.15, 0.2) is 0 Å². The van der Waals surface area contributed by atoms with Gasteiger partial charge in [-0.25, -0.2) is 9.59 Å². The second-order valence-electron chi connectivity index (χ2n) is 4.70. The molecule has 0 saturated carbocycles. The van der Waals surface area contributed by atoms with E-state index in [0.717, 1.165) is 0 Å². The lowest BCUT2D eigenvalue weighted by Gasteiger charge is -2.14. The number of amides is 2. The fourth-order valence-corrected chi connectivity index (χ4v) is 1.83. The first kappa shape index (κ1) is 16.0. The van der Waals surface area contributed by atoms with Gasteiger partial charge < -0.3 is 20.5 Å². The maximum Gasteiger partial charge on any atom is 0.338 e. The summed E-state index contributed by atoms with van der Waals surface area (Å²) in [6.45, 7) is 4.63. The highest BCUT2D eigenvalue weighted by atomic mass is 16.5. The molecule has 1 atom stereocenters. The number of hydrogen-bond donors (Lipinski definition) is 3. The average Bonchev–Trinajstić information content (AvgIpc) is 2.36. The molecule has 2 amide bonds. The van der Waals surface area contributed by atoms with Crippen LogP contribution in [0.1, 0.15) is 22.8 Å². The van der Waals surface area contributed by atoms with E-state index in [1.54, 1.807) is 32.2 Å². The molecule has 0 spiro atoms. The van der Waals surface area contributed by atoms with Gasteiger partial charge in [0, 0.05) is 13.7 Å². The van der Waals surface area contributed by atoms with Crippen molar-refractivity contribution in [1.82, 2.24) is 5.32 Å². The Morgan fingerprint density at radius 3 is 2.70 bits per heavy atom. The van der Waals surface area contributed by atoms with Crippen LogP contribution in [0.5, 0.6) is 0 Å². The van der Waals surface area contributed by atoms with Crippen LogP contribution in [0.25, 0.3) is 0 Å². The molecular weight excluding hydrogens is 260 g/mol. The van der Waals surface area contributed by atoms with Gasteiger partial charge in [0.2, 0.25) is 0 Å². The lowest BCUT2D eigenvalue weighted by Crippen LogP contribution is -2.34. The van der Waals surface area contributed by atoms with E-state index in [1.807, 2.05) is 6.92 Å². The number of urea groups is 1. The lowest BCUT2D eigenvalue weighted by atomic mass is 10.1. The summed E-state index contributed by atoms with van der Waals surface area (Å²) in [5, 5.41) is 14.4. The highest BCUT2D eigenvalue weighted by molar-refractivity contribution is 6.01. The number of benzene rings is 1. The summed E-state index contributed by atoms with van der Waals surface area (Å²) in [6.07, 6.45) is 0. The Balaban J connectivity index is 2.67. The molecule has 0 saturated heterocycles. The van der Waals surface area contributed by atoms with Crippen molar-refractivity contribution in [3.8, 4) is 0 Å². The molecule has 0 aromatic heterocycles. The summed E-state index contributed by atoms with van der Waals surface area (Å²) < 4.78 is 4.97. The molecule has 1 aromatic carbocycles. The predicted octanol–water partition coefficient (Wildman–Crippen LogP) is 2.10. The van der Waals surface area contributed by atoms with Crippen molar-refractivity contribution in [2.45, 2.75) is 13.8 Å². The van der Waals surface area contributed by atoms with Gasteiger partial charge in [0.1, 0.15) is 0 Å². The van der Waals surface area contributed by atoms with Gasteiger partial charge in [-0.2, -0.15) is 0 Å². The minimum Gasteiger partial charge on any atom is -0.478 e. The molecule has 0 aliphatic rings. The standard InChI is InChI=1S/C14H20N2O4/c1-9(8-20-3)7-15-14(19)16-11-6-4-5-10(2)12(11)13(17)18/h4-6,9H,7-8H2,1-3H3,(H,17,18)(H2,15,16,19). The van der Waals surface area contributed by atoms with E-state index in [-0.39, 0.29) is 17.2 Å². The molecule has 6 nitrogen and oxygen atoms in total. The van der Waals surface area contributed by atoms with Gasteiger partial charge in [0.25, 0.3) is 0 Å². The van der Waals surface area contributed by atoms with E-state index in [0.29, 0.717) is 18.7 Å². The molecule has 0 fully saturated rings. The zero-order valence-corrected chi connectivity index (χ0v) is 11.9. The quantitative estimate of drug-likeness (QED) is 0.744. The molecule has 20 heavy (non-hydrogen) atoms. The number of hydrogen-bond acceptors (Lipinski definition) is 3. The molecule has 0 radical (unpaired) electrons. The number of ether oxygens (including phenoxy) is 1. The lowest BCUT2D eigenvalue weighted by molar-refractivity contribution is 0.0697. The van der Waals surface area contributed by atoms with Crippen molar-refractivity contribution < 1.29 is 19.4 Å². The third kappa shape index (κ3) is 4.55. The molecule has 3 N–H and O–H groups in total. The largest absolute Gasteiger partial charge is 0.478 e. The van der Waals surface area contributed by atoms with E-state index in [9.17, 15) is 9.59 Å². The van der Waals surface area contributed by atoms with Crippen molar-refractivity contribution in [2.75, 3.05) is 25.6 Å². The number of anilines is 1. The molecule has 1 aromatic rings. The number of rotatable bonds is 6. The first-order chi connectivity index (χ1) is 9.45. The number of carbonyl (C=O) groups is 2. The predicted molar refractivity (Wildman–Crippen MR) is 76.2 cm³/mol. The van der Waals surface area contributed by atoms with Gasteiger partial charge >= 0.3 is 12.0 Å². The first-order valence-corrected chi connectivity index (χ1v) is 6.32. The number of carboxylic acids is 1. The van der Waals surface area contributed by atoms with Crippen LogP contribution in [0.3, 0.4) is 0 Å². The fraction of sp³-hybridized carbons (Fsp3) is 0.429. The monoisotopic (exact) mass is 280 g/mol. The zero-order valence-electron chi connectivity index (χ0n) is 11.9. The van der Waals surface area contributed by atoms with Gasteiger partial charge in [0.05, 0.1) is 17.9 Å². The molecule has 0 aliphatic carbocycles. The minimum atomic E-state index is -1.06. The zero-order chi connectivity index (χ0) is 15.1. The van der Waals surface area contributed by atoms with E-state index in [1.165, 1.54) is 0 Å². The number of carbonyl (C=O) groups excluding carboxylic acids is 1. The Labute approximate surface area is 118 Å². The smallest absolute Gasteiger partial charge is 0.338 e. The third-order valence-corrected chi connectivity index (χ3v) is 2.80. The van der Waals surface area contributed by atoms with Crippen LogP contribution in [0, 0.1) is 12.8 Å². The van der Waals surface area contributed by atoms with Crippen molar-refractivity contribution >= 4 is 17.7 Å². The van der Waals surface area contributed by atoms with Crippen molar-refractivity contribution in [3.63, 3.8) is 0 Å². The summed E-state index contributed by atoms with van der Waals surface area (Å²) in [5.74, 6) is -0.881. The third-order valence-electron chi connectivity index (χ3n) is 2.80. The molecular formula is C14H20N2O4. The Morgan fingerprint density at radius 1 is 1.40 bits per heavy atom. The fourth-order valence-electron chi connectivity index (χ4n) is 1.83. The van der Waals surface area contributed by atoms with E-state index >= 15 is 0 Å². The number of carboxylic acid groups (broad SMARTS) is 1. The molecule has 110 valence electrons. The van der Waals surface area contributed by atoms with Crippen LogP contribution in [0.15, 0.2) is 18.2 Å². The van der Waals surface area contributed by atoms with Crippen LogP contribution in [-0.2, 0) is 4.74 Å². The van der Waals surface area contributed by atoms with Crippen LogP contribution < -0.4 is 10.6 Å².